The number of aromatic nitrogens is 1. The molecule has 0 saturated heterocycles. The molecule has 0 unspecified atom stereocenters. The Labute approximate surface area is 142 Å². The van der Waals surface area contributed by atoms with Gasteiger partial charge in [0.25, 0.3) is 0 Å². The van der Waals surface area contributed by atoms with Crippen LogP contribution in [0.4, 0.5) is 0 Å². The number of hydrogen-bond acceptors (Lipinski definition) is 4. The van der Waals surface area contributed by atoms with Crippen molar-refractivity contribution in [2.75, 3.05) is 0 Å². The van der Waals surface area contributed by atoms with Crippen molar-refractivity contribution in [1.82, 2.24) is 4.98 Å². The Hall–Kier alpha value is -1.91. The Balaban J connectivity index is 1.74. The zero-order chi connectivity index (χ0) is 15.8. The molecule has 0 bridgehead atoms. The molecular weight excluding hydrogens is 330 g/mol. The number of thiophene rings is 1. The van der Waals surface area contributed by atoms with Gasteiger partial charge in [-0.1, -0.05) is 23.7 Å². The summed E-state index contributed by atoms with van der Waals surface area (Å²) in [5, 5.41) is 1.38. The van der Waals surface area contributed by atoms with Crippen molar-refractivity contribution in [2.24, 2.45) is 0 Å². The van der Waals surface area contributed by atoms with Gasteiger partial charge in [0.1, 0.15) is 10.2 Å². The second-order valence-corrected chi connectivity index (χ2v) is 7.14. The van der Waals surface area contributed by atoms with Gasteiger partial charge in [-0.05, 0) is 55.0 Å². The van der Waals surface area contributed by atoms with Crippen molar-refractivity contribution in [3.63, 3.8) is 0 Å². The standard InChI is InChI=1S/C18H14ClNO2S/c19-12-8-5-11(6-9-12)7-10-15-20-17-16(18(21)22-15)13-3-1-2-4-14(13)23-17/h5-10H,1-4H2. The van der Waals surface area contributed by atoms with Gasteiger partial charge in [0.2, 0.25) is 5.89 Å². The molecule has 1 aliphatic carbocycles. The fraction of sp³-hybridized carbons (Fsp3) is 0.222. The number of hydrogen-bond donors (Lipinski definition) is 0. The molecule has 0 N–H and O–H groups in total. The second kappa shape index (κ2) is 5.95. The predicted molar refractivity (Wildman–Crippen MR) is 95.2 cm³/mol. The number of nitrogens with zero attached hydrogens (tertiary/aromatic N) is 1. The van der Waals surface area contributed by atoms with Crippen LogP contribution in [-0.4, -0.2) is 4.98 Å². The summed E-state index contributed by atoms with van der Waals surface area (Å²) in [4.78, 5) is 18.9. The topological polar surface area (TPSA) is 43.1 Å². The molecule has 3 nitrogen and oxygen atoms in total. The number of halogens is 1. The molecule has 0 saturated carbocycles. The van der Waals surface area contributed by atoms with E-state index in [4.69, 9.17) is 16.0 Å². The van der Waals surface area contributed by atoms with Crippen LogP contribution in [0.1, 0.15) is 34.7 Å². The Kier molecular flexibility index (Phi) is 3.79. The minimum absolute atomic E-state index is 0.273. The SMILES string of the molecule is O=c1oc(C=Cc2ccc(Cl)cc2)nc2sc3c(c12)CCCC3. The fourth-order valence-electron chi connectivity index (χ4n) is 2.92. The molecule has 116 valence electrons. The molecule has 0 fully saturated rings. The molecule has 5 heteroatoms. The minimum atomic E-state index is -0.273. The zero-order valence-electron chi connectivity index (χ0n) is 12.3. The van der Waals surface area contributed by atoms with E-state index in [9.17, 15) is 4.79 Å². The highest BCUT2D eigenvalue weighted by molar-refractivity contribution is 7.18. The summed E-state index contributed by atoms with van der Waals surface area (Å²) < 4.78 is 5.39. The third-order valence-corrected chi connectivity index (χ3v) is 5.49. The van der Waals surface area contributed by atoms with E-state index in [-0.39, 0.29) is 5.63 Å². The molecule has 23 heavy (non-hydrogen) atoms. The van der Waals surface area contributed by atoms with Crippen LogP contribution >= 0.6 is 22.9 Å². The summed E-state index contributed by atoms with van der Waals surface area (Å²) in [5.41, 5.74) is 1.86. The Morgan fingerprint density at radius 2 is 1.91 bits per heavy atom. The largest absolute Gasteiger partial charge is 0.404 e. The Morgan fingerprint density at radius 3 is 2.74 bits per heavy atom. The van der Waals surface area contributed by atoms with Crippen LogP contribution in [0.3, 0.4) is 0 Å². The third-order valence-electron chi connectivity index (χ3n) is 4.05. The quantitative estimate of drug-likeness (QED) is 0.661. The van der Waals surface area contributed by atoms with Gasteiger partial charge >= 0.3 is 5.63 Å². The van der Waals surface area contributed by atoms with Gasteiger partial charge in [0.15, 0.2) is 0 Å². The lowest BCUT2D eigenvalue weighted by Gasteiger charge is -2.09. The second-order valence-electron chi connectivity index (χ2n) is 5.62. The van der Waals surface area contributed by atoms with E-state index in [1.165, 1.54) is 11.3 Å². The molecule has 0 aliphatic heterocycles. The molecule has 0 spiro atoms. The highest BCUT2D eigenvalue weighted by atomic mass is 35.5. The van der Waals surface area contributed by atoms with Crippen molar-refractivity contribution in [1.29, 1.82) is 0 Å². The van der Waals surface area contributed by atoms with Crippen LogP contribution in [0.15, 0.2) is 33.5 Å². The Morgan fingerprint density at radius 1 is 1.13 bits per heavy atom. The van der Waals surface area contributed by atoms with E-state index in [1.54, 1.807) is 17.4 Å². The average Bonchev–Trinajstić information content (AvgIpc) is 2.93. The first kappa shape index (κ1) is 14.7. The van der Waals surface area contributed by atoms with Gasteiger partial charge in [0, 0.05) is 16.0 Å². The maximum atomic E-state index is 12.3. The third kappa shape index (κ3) is 2.84. The van der Waals surface area contributed by atoms with Crippen molar-refractivity contribution >= 4 is 45.3 Å². The van der Waals surface area contributed by atoms with Crippen LogP contribution in [0.25, 0.3) is 22.4 Å². The number of fused-ring (bicyclic) bond motifs is 3. The van der Waals surface area contributed by atoms with Crippen LogP contribution in [0, 0.1) is 0 Å². The average molecular weight is 344 g/mol. The van der Waals surface area contributed by atoms with Crippen molar-refractivity contribution in [3.05, 3.63) is 61.6 Å². The summed E-state index contributed by atoms with van der Waals surface area (Å²) >= 11 is 7.50. The summed E-state index contributed by atoms with van der Waals surface area (Å²) in [5.74, 6) is 0.344. The van der Waals surface area contributed by atoms with Crippen LogP contribution in [0.2, 0.25) is 5.02 Å². The molecule has 3 aromatic rings. The molecule has 1 aliphatic rings. The maximum Gasteiger partial charge on any atom is 0.348 e. The molecule has 2 heterocycles. The summed E-state index contributed by atoms with van der Waals surface area (Å²) in [6.45, 7) is 0. The van der Waals surface area contributed by atoms with E-state index in [0.717, 1.165) is 35.2 Å². The highest BCUT2D eigenvalue weighted by Gasteiger charge is 2.20. The first-order chi connectivity index (χ1) is 11.2. The lowest BCUT2D eigenvalue weighted by molar-refractivity contribution is 0.490. The van der Waals surface area contributed by atoms with E-state index in [0.29, 0.717) is 16.3 Å². The molecule has 0 amide bonds. The first-order valence-electron chi connectivity index (χ1n) is 7.60. The fourth-order valence-corrected chi connectivity index (χ4v) is 4.30. The summed E-state index contributed by atoms with van der Waals surface area (Å²) in [6.07, 6.45) is 7.92. The van der Waals surface area contributed by atoms with Crippen molar-refractivity contribution in [2.45, 2.75) is 25.7 Å². The van der Waals surface area contributed by atoms with Crippen LogP contribution in [-0.2, 0) is 12.8 Å². The maximum absolute atomic E-state index is 12.3. The minimum Gasteiger partial charge on any atom is -0.404 e. The van der Waals surface area contributed by atoms with E-state index in [1.807, 2.05) is 30.3 Å². The summed E-state index contributed by atoms with van der Waals surface area (Å²) in [7, 11) is 0. The van der Waals surface area contributed by atoms with Crippen LogP contribution < -0.4 is 5.63 Å². The molecule has 2 aromatic heterocycles. The van der Waals surface area contributed by atoms with E-state index >= 15 is 0 Å². The van der Waals surface area contributed by atoms with Gasteiger partial charge < -0.3 is 4.42 Å². The van der Waals surface area contributed by atoms with Gasteiger partial charge in [-0.3, -0.25) is 0 Å². The molecule has 1 aromatic carbocycles. The lowest BCUT2D eigenvalue weighted by atomic mass is 9.97. The smallest absolute Gasteiger partial charge is 0.348 e. The van der Waals surface area contributed by atoms with Crippen LogP contribution in [0.5, 0.6) is 0 Å². The lowest BCUT2D eigenvalue weighted by Crippen LogP contribution is -2.06. The van der Waals surface area contributed by atoms with Gasteiger partial charge in [-0.2, -0.15) is 0 Å². The molecular formula is C18H14ClNO2S. The molecule has 0 radical (unpaired) electrons. The zero-order valence-corrected chi connectivity index (χ0v) is 13.9. The number of benzene rings is 1. The molecule has 0 atom stereocenters. The van der Waals surface area contributed by atoms with Gasteiger partial charge in [0.05, 0.1) is 0 Å². The monoisotopic (exact) mass is 343 g/mol. The van der Waals surface area contributed by atoms with Gasteiger partial charge in [-0.15, -0.1) is 11.3 Å². The highest BCUT2D eigenvalue weighted by Crippen LogP contribution is 2.33. The van der Waals surface area contributed by atoms with Crippen molar-refractivity contribution in [3.8, 4) is 0 Å². The van der Waals surface area contributed by atoms with Gasteiger partial charge in [-0.25, -0.2) is 9.78 Å². The Bertz CT molecular complexity index is 954. The van der Waals surface area contributed by atoms with E-state index < -0.39 is 0 Å². The summed E-state index contributed by atoms with van der Waals surface area (Å²) in [6, 6.07) is 7.45. The number of aryl methyl sites for hydroxylation is 2. The number of rotatable bonds is 2. The van der Waals surface area contributed by atoms with E-state index in [2.05, 4.69) is 4.98 Å². The van der Waals surface area contributed by atoms with Crippen molar-refractivity contribution < 1.29 is 4.42 Å². The first-order valence-corrected chi connectivity index (χ1v) is 8.79. The normalized spacial score (nSPS) is 14.5. The predicted octanol–water partition coefficient (Wildman–Crippen LogP) is 4.95. The molecule has 4 rings (SSSR count).